The van der Waals surface area contributed by atoms with Crippen LogP contribution in [0.3, 0.4) is 0 Å². The molecular weight excluding hydrogens is 233 g/mol. The molecule has 0 aliphatic carbocycles. The molecule has 3 nitrogen and oxygen atoms in total. The lowest BCUT2D eigenvalue weighted by Gasteiger charge is -2.07. The van der Waals surface area contributed by atoms with Crippen LogP contribution >= 0.6 is 0 Å². The van der Waals surface area contributed by atoms with Crippen LogP contribution in [0.4, 0.5) is 4.39 Å². The molecule has 0 radical (unpaired) electrons. The second kappa shape index (κ2) is 4.12. The second-order valence-electron chi connectivity index (χ2n) is 4.60. The van der Waals surface area contributed by atoms with Gasteiger partial charge in [0.05, 0.1) is 12.5 Å². The number of hydrogen-bond donors (Lipinski definition) is 1. The molecule has 1 saturated heterocycles. The van der Waals surface area contributed by atoms with Gasteiger partial charge in [0.2, 0.25) is 0 Å². The van der Waals surface area contributed by atoms with Crippen LogP contribution in [0.2, 0.25) is 0 Å². The molecule has 1 aliphatic rings. The largest absolute Gasteiger partial charge is 0.465 e. The summed E-state index contributed by atoms with van der Waals surface area (Å²) >= 11 is 0. The van der Waals surface area contributed by atoms with Crippen LogP contribution in [0.5, 0.6) is 0 Å². The first-order chi connectivity index (χ1) is 8.70. The van der Waals surface area contributed by atoms with Gasteiger partial charge in [-0.3, -0.25) is 4.79 Å². The van der Waals surface area contributed by atoms with Gasteiger partial charge in [-0.25, -0.2) is 4.39 Å². The number of halogens is 1. The van der Waals surface area contributed by atoms with E-state index in [1.165, 1.54) is 6.07 Å². The Morgan fingerprint density at radius 3 is 3.00 bits per heavy atom. The highest BCUT2D eigenvalue weighted by Gasteiger charge is 2.29. The van der Waals surface area contributed by atoms with Gasteiger partial charge in [-0.15, -0.1) is 0 Å². The average Bonchev–Trinajstić information content (AvgIpc) is 2.94. The van der Waals surface area contributed by atoms with E-state index in [1.807, 2.05) is 19.2 Å². The van der Waals surface area contributed by atoms with E-state index in [0.29, 0.717) is 24.0 Å². The highest BCUT2D eigenvalue weighted by Crippen LogP contribution is 2.31. The minimum absolute atomic E-state index is 0.254. The first-order valence-electron chi connectivity index (χ1n) is 6.16. The Bertz CT molecular complexity index is 618. The minimum atomic E-state index is -0.322. The summed E-state index contributed by atoms with van der Waals surface area (Å²) in [7, 11) is 0. The minimum Gasteiger partial charge on any atom is -0.465 e. The predicted octanol–water partition coefficient (Wildman–Crippen LogP) is 2.90. The number of esters is 1. The van der Waals surface area contributed by atoms with Crippen molar-refractivity contribution in [2.45, 2.75) is 25.7 Å². The van der Waals surface area contributed by atoms with Gasteiger partial charge in [0.25, 0.3) is 0 Å². The van der Waals surface area contributed by atoms with E-state index in [-0.39, 0.29) is 17.7 Å². The van der Waals surface area contributed by atoms with Crippen LogP contribution in [0.1, 0.15) is 30.4 Å². The summed E-state index contributed by atoms with van der Waals surface area (Å²) in [5, 5.41) is 0.632. The zero-order chi connectivity index (χ0) is 12.7. The third-order valence-electron chi connectivity index (χ3n) is 3.55. The van der Waals surface area contributed by atoms with Crippen LogP contribution in [0.25, 0.3) is 10.9 Å². The molecule has 1 aromatic heterocycles. The van der Waals surface area contributed by atoms with Crippen molar-refractivity contribution >= 4 is 16.9 Å². The van der Waals surface area contributed by atoms with Crippen LogP contribution in [-0.2, 0) is 16.0 Å². The van der Waals surface area contributed by atoms with Crippen molar-refractivity contribution in [3.8, 4) is 0 Å². The molecule has 1 atom stereocenters. The number of cyclic esters (lactones) is 1. The number of benzene rings is 1. The highest BCUT2D eigenvalue weighted by molar-refractivity contribution is 5.87. The number of carbonyl (C=O) groups is 1. The van der Waals surface area contributed by atoms with E-state index in [1.54, 1.807) is 0 Å². The lowest BCUT2D eigenvalue weighted by atomic mass is 9.96. The monoisotopic (exact) mass is 247 g/mol. The fourth-order valence-electron chi connectivity index (χ4n) is 2.58. The van der Waals surface area contributed by atoms with E-state index >= 15 is 0 Å². The Kier molecular flexibility index (Phi) is 2.58. The average molecular weight is 247 g/mol. The number of aromatic nitrogens is 1. The zero-order valence-corrected chi connectivity index (χ0v) is 10.1. The summed E-state index contributed by atoms with van der Waals surface area (Å²) in [4.78, 5) is 14.6. The van der Waals surface area contributed by atoms with Gasteiger partial charge >= 0.3 is 5.97 Å². The van der Waals surface area contributed by atoms with E-state index in [0.717, 1.165) is 17.5 Å². The maximum absolute atomic E-state index is 14.1. The predicted molar refractivity (Wildman–Crippen MR) is 66.0 cm³/mol. The van der Waals surface area contributed by atoms with E-state index in [2.05, 4.69) is 4.98 Å². The Morgan fingerprint density at radius 1 is 1.50 bits per heavy atom. The van der Waals surface area contributed by atoms with Gasteiger partial charge in [-0.1, -0.05) is 6.92 Å². The summed E-state index contributed by atoms with van der Waals surface area (Å²) in [6.07, 6.45) is 3.23. The molecule has 18 heavy (non-hydrogen) atoms. The van der Waals surface area contributed by atoms with Crippen molar-refractivity contribution in [1.82, 2.24) is 4.98 Å². The number of nitrogens with one attached hydrogen (secondary N) is 1. The molecule has 1 N–H and O–H groups in total. The molecule has 4 heteroatoms. The van der Waals surface area contributed by atoms with Crippen LogP contribution in [-0.4, -0.2) is 17.6 Å². The number of aryl methyl sites for hydroxylation is 1. The van der Waals surface area contributed by atoms with E-state index in [9.17, 15) is 9.18 Å². The fraction of sp³-hybridized carbons (Fsp3) is 0.357. The Morgan fingerprint density at radius 2 is 2.33 bits per heavy atom. The highest BCUT2D eigenvalue weighted by atomic mass is 19.1. The third kappa shape index (κ3) is 1.60. The van der Waals surface area contributed by atoms with Crippen LogP contribution in [0, 0.1) is 5.82 Å². The molecule has 2 aromatic rings. The van der Waals surface area contributed by atoms with E-state index in [4.69, 9.17) is 4.74 Å². The summed E-state index contributed by atoms with van der Waals surface area (Å²) in [6, 6.07) is 3.32. The maximum atomic E-state index is 14.1. The van der Waals surface area contributed by atoms with Gasteiger partial charge in [-0.2, -0.15) is 0 Å². The number of rotatable bonds is 2. The number of carbonyl (C=O) groups excluding carboxylic acids is 1. The van der Waals surface area contributed by atoms with Crippen molar-refractivity contribution in [1.29, 1.82) is 0 Å². The molecular formula is C14H14FNO2. The van der Waals surface area contributed by atoms with Gasteiger partial charge < -0.3 is 9.72 Å². The van der Waals surface area contributed by atoms with E-state index < -0.39 is 0 Å². The van der Waals surface area contributed by atoms with Crippen molar-refractivity contribution in [2.24, 2.45) is 0 Å². The smallest absolute Gasteiger partial charge is 0.313 e. The fourth-order valence-corrected chi connectivity index (χ4v) is 2.58. The third-order valence-corrected chi connectivity index (χ3v) is 3.55. The summed E-state index contributed by atoms with van der Waals surface area (Å²) in [5.41, 5.74) is 2.41. The molecule has 1 aliphatic heterocycles. The Balaban J connectivity index is 2.13. The quantitative estimate of drug-likeness (QED) is 0.829. The first kappa shape index (κ1) is 11.3. The maximum Gasteiger partial charge on any atom is 0.313 e. The Hall–Kier alpha value is -1.84. The van der Waals surface area contributed by atoms with Gasteiger partial charge in [0, 0.05) is 17.1 Å². The number of H-pyrrole nitrogens is 1. The number of aromatic amines is 1. The van der Waals surface area contributed by atoms with Gasteiger partial charge in [0.1, 0.15) is 5.82 Å². The molecule has 94 valence electrons. The molecule has 3 rings (SSSR count). The summed E-state index contributed by atoms with van der Waals surface area (Å²) in [5.74, 6) is -0.839. The molecule has 1 fully saturated rings. The molecule has 0 spiro atoms. The number of fused-ring (bicyclic) bond motifs is 1. The van der Waals surface area contributed by atoms with Gasteiger partial charge in [0.15, 0.2) is 0 Å². The van der Waals surface area contributed by atoms with Crippen molar-refractivity contribution in [3.05, 3.63) is 35.3 Å². The first-order valence-corrected chi connectivity index (χ1v) is 6.16. The van der Waals surface area contributed by atoms with Crippen molar-refractivity contribution < 1.29 is 13.9 Å². The second-order valence-corrected chi connectivity index (χ2v) is 4.60. The lowest BCUT2D eigenvalue weighted by Crippen LogP contribution is -2.06. The van der Waals surface area contributed by atoms with Crippen LogP contribution in [0.15, 0.2) is 18.3 Å². The Labute approximate surface area is 104 Å². The molecule has 1 unspecified atom stereocenters. The summed E-state index contributed by atoms with van der Waals surface area (Å²) in [6.45, 7) is 2.42. The summed E-state index contributed by atoms with van der Waals surface area (Å²) < 4.78 is 19.1. The van der Waals surface area contributed by atoms with Crippen LogP contribution < -0.4 is 0 Å². The normalized spacial score (nSPS) is 19.4. The topological polar surface area (TPSA) is 42.1 Å². The lowest BCUT2D eigenvalue weighted by molar-refractivity contribution is -0.139. The molecule has 0 bridgehead atoms. The van der Waals surface area contributed by atoms with Crippen molar-refractivity contribution in [2.75, 3.05) is 6.61 Å². The molecule has 0 amide bonds. The van der Waals surface area contributed by atoms with Crippen molar-refractivity contribution in [3.63, 3.8) is 0 Å². The molecule has 2 heterocycles. The van der Waals surface area contributed by atoms with Gasteiger partial charge in [-0.05, 0) is 36.1 Å². The zero-order valence-electron chi connectivity index (χ0n) is 10.1. The number of ether oxygens (including phenoxy) is 1. The molecule has 0 saturated carbocycles. The standard InChI is InChI=1S/C14H14FNO2/c1-2-8-7-16-12-6-9(5-11(15)13(8)12)10-3-4-18-14(10)17/h5-7,10,16H,2-4H2,1H3. The number of hydrogen-bond acceptors (Lipinski definition) is 2. The molecule has 1 aromatic carbocycles. The SMILES string of the molecule is CCc1c[nH]c2cc(C3CCOC3=O)cc(F)c12.